The normalized spacial score (nSPS) is 1.50. The summed E-state index contributed by atoms with van der Waals surface area (Å²) in [6.45, 7) is 0. The molecule has 0 bridgehead atoms. The number of aliphatic hydroxyl groups is 1. The fourth-order valence-corrected chi connectivity index (χ4v) is 0. The van der Waals surface area contributed by atoms with Crippen LogP contribution in [-0.2, 0) is 0 Å². The standard InChI is InChI=1S/CH4O.H3N.Na.H/c1-2;;;/h2H,1H3;1H3;;/q;;+1;-1. The van der Waals surface area contributed by atoms with Crippen LogP contribution in [0.1, 0.15) is 1.43 Å². The molecule has 0 aliphatic carbocycles. The van der Waals surface area contributed by atoms with Crippen molar-refractivity contribution >= 4 is 0 Å². The minimum atomic E-state index is 0. The summed E-state index contributed by atoms with van der Waals surface area (Å²) in [4.78, 5) is 0. The minimum Gasteiger partial charge on any atom is -1.00 e. The summed E-state index contributed by atoms with van der Waals surface area (Å²) in [7, 11) is 1.00. The Balaban J connectivity index is -0.00000000167. The Bertz CT molecular complexity index is 11.6. The molecule has 0 aromatic carbocycles. The van der Waals surface area contributed by atoms with Gasteiger partial charge in [0.15, 0.2) is 0 Å². The third kappa shape index (κ3) is 12.7. The zero-order valence-electron chi connectivity index (χ0n) is 4.15. The predicted octanol–water partition coefficient (Wildman–Crippen LogP) is -3.11. The van der Waals surface area contributed by atoms with Crippen molar-refractivity contribution in [2.45, 2.75) is 0 Å². The number of hydrogen-bond donors (Lipinski definition) is 2. The van der Waals surface area contributed by atoms with E-state index in [1.165, 1.54) is 0 Å². The van der Waals surface area contributed by atoms with E-state index in [-0.39, 0.29) is 37.1 Å². The van der Waals surface area contributed by atoms with Crippen molar-refractivity contribution in [3.8, 4) is 0 Å². The van der Waals surface area contributed by atoms with Crippen molar-refractivity contribution in [3.63, 3.8) is 0 Å². The Morgan fingerprint density at radius 2 is 1.50 bits per heavy atom. The monoisotopic (exact) mass is 73.1 g/mol. The minimum absolute atomic E-state index is 0. The molecule has 0 atom stereocenters. The van der Waals surface area contributed by atoms with Gasteiger partial charge in [0.05, 0.1) is 0 Å². The van der Waals surface area contributed by atoms with Crippen molar-refractivity contribution in [2.24, 2.45) is 0 Å². The maximum absolute atomic E-state index is 7.00. The topological polar surface area (TPSA) is 55.2 Å². The van der Waals surface area contributed by atoms with Crippen molar-refractivity contribution in [1.82, 2.24) is 6.15 Å². The summed E-state index contributed by atoms with van der Waals surface area (Å²) in [5, 5.41) is 7.00. The Kier molecular flexibility index (Phi) is 202. The Morgan fingerprint density at radius 1 is 1.50 bits per heavy atom. The van der Waals surface area contributed by atoms with Gasteiger partial charge in [-0.3, -0.25) is 0 Å². The van der Waals surface area contributed by atoms with Gasteiger partial charge in [-0.15, -0.1) is 0 Å². The quantitative estimate of drug-likeness (QED) is 0.298. The van der Waals surface area contributed by atoms with Gasteiger partial charge < -0.3 is 12.7 Å². The van der Waals surface area contributed by atoms with Crippen LogP contribution in [0.3, 0.4) is 0 Å². The fourth-order valence-electron chi connectivity index (χ4n) is 0. The molecule has 0 saturated carbocycles. The van der Waals surface area contributed by atoms with E-state index in [9.17, 15) is 0 Å². The molecule has 0 unspecified atom stereocenters. The molecule has 0 fully saturated rings. The molecule has 0 aliphatic rings. The van der Waals surface area contributed by atoms with Crippen LogP contribution in [0.25, 0.3) is 0 Å². The van der Waals surface area contributed by atoms with Crippen molar-refractivity contribution < 1.29 is 36.1 Å². The average molecular weight is 73.1 g/mol. The van der Waals surface area contributed by atoms with Gasteiger partial charge in [-0.1, -0.05) is 0 Å². The first kappa shape index (κ1) is 20.5. The van der Waals surface area contributed by atoms with Gasteiger partial charge in [0.2, 0.25) is 0 Å². The van der Waals surface area contributed by atoms with E-state index in [1.807, 2.05) is 0 Å². The summed E-state index contributed by atoms with van der Waals surface area (Å²) in [6.07, 6.45) is 0. The van der Waals surface area contributed by atoms with Crippen molar-refractivity contribution in [3.05, 3.63) is 0 Å². The molecule has 0 heterocycles. The van der Waals surface area contributed by atoms with Crippen LogP contribution >= 0.6 is 0 Å². The van der Waals surface area contributed by atoms with E-state index in [0.717, 1.165) is 7.11 Å². The van der Waals surface area contributed by atoms with E-state index in [2.05, 4.69) is 0 Å². The molecule has 0 saturated heterocycles. The first-order valence-electron chi connectivity index (χ1n) is 0.447. The van der Waals surface area contributed by atoms with Crippen LogP contribution in [0.5, 0.6) is 0 Å². The first-order valence-corrected chi connectivity index (χ1v) is 0.447. The number of rotatable bonds is 0. The van der Waals surface area contributed by atoms with Gasteiger partial charge in [0.25, 0.3) is 0 Å². The zero-order chi connectivity index (χ0) is 2.00. The second kappa shape index (κ2) is 39.5. The molecule has 0 spiro atoms. The molecule has 4 N–H and O–H groups in total. The summed E-state index contributed by atoms with van der Waals surface area (Å²) in [6, 6.07) is 0. The van der Waals surface area contributed by atoms with E-state index in [1.54, 1.807) is 0 Å². The van der Waals surface area contributed by atoms with E-state index in [4.69, 9.17) is 5.11 Å². The van der Waals surface area contributed by atoms with Gasteiger partial charge in [0.1, 0.15) is 0 Å². The van der Waals surface area contributed by atoms with Gasteiger partial charge in [-0.2, -0.15) is 0 Å². The zero-order valence-corrected chi connectivity index (χ0v) is 5.15. The molecular formula is CH8NNaO. The van der Waals surface area contributed by atoms with Gasteiger partial charge >= 0.3 is 29.6 Å². The van der Waals surface area contributed by atoms with Crippen molar-refractivity contribution in [1.29, 1.82) is 0 Å². The smallest absolute Gasteiger partial charge is 1.00 e. The average Bonchev–Trinajstić information content (AvgIpc) is 1.00. The molecule has 24 valence electrons. The van der Waals surface area contributed by atoms with Crippen molar-refractivity contribution in [2.75, 3.05) is 7.11 Å². The molecule has 3 heteroatoms. The van der Waals surface area contributed by atoms with Crippen LogP contribution in [0.2, 0.25) is 0 Å². The van der Waals surface area contributed by atoms with E-state index >= 15 is 0 Å². The largest absolute Gasteiger partial charge is 1.00 e. The second-order valence-corrected chi connectivity index (χ2v) is 0. The number of hydrogen-bond acceptors (Lipinski definition) is 2. The van der Waals surface area contributed by atoms with Gasteiger partial charge in [0, 0.05) is 7.11 Å². The summed E-state index contributed by atoms with van der Waals surface area (Å²) in [5.74, 6) is 0. The third-order valence-electron chi connectivity index (χ3n) is 0. The van der Waals surface area contributed by atoms with E-state index < -0.39 is 0 Å². The molecule has 0 aliphatic heterocycles. The molecule has 0 radical (unpaired) electrons. The number of aliphatic hydroxyl groups excluding tert-OH is 1. The molecular weight excluding hydrogens is 65.0 g/mol. The Labute approximate surface area is 49.6 Å². The maximum atomic E-state index is 7.00. The molecule has 2 nitrogen and oxygen atoms in total. The van der Waals surface area contributed by atoms with Gasteiger partial charge in [-0.25, -0.2) is 0 Å². The van der Waals surface area contributed by atoms with Crippen LogP contribution < -0.4 is 35.7 Å². The molecule has 0 aromatic rings. The molecule has 0 amide bonds. The van der Waals surface area contributed by atoms with Crippen LogP contribution in [0.4, 0.5) is 0 Å². The van der Waals surface area contributed by atoms with Crippen LogP contribution in [0.15, 0.2) is 0 Å². The summed E-state index contributed by atoms with van der Waals surface area (Å²) < 4.78 is 0. The SMILES string of the molecule is CO.N.[H-].[Na+]. The Morgan fingerprint density at radius 3 is 1.50 bits per heavy atom. The summed E-state index contributed by atoms with van der Waals surface area (Å²) in [5.41, 5.74) is 0. The maximum Gasteiger partial charge on any atom is 1.00 e. The van der Waals surface area contributed by atoms with Crippen LogP contribution in [-0.4, -0.2) is 12.2 Å². The first-order chi connectivity index (χ1) is 1.00. The van der Waals surface area contributed by atoms with E-state index in [0.29, 0.717) is 0 Å². The van der Waals surface area contributed by atoms with Gasteiger partial charge in [-0.05, 0) is 0 Å². The summed E-state index contributed by atoms with van der Waals surface area (Å²) >= 11 is 0. The second-order valence-electron chi connectivity index (χ2n) is 0. The third-order valence-corrected chi connectivity index (χ3v) is 0. The molecule has 4 heavy (non-hydrogen) atoms. The molecule has 0 rings (SSSR count). The fraction of sp³-hybridized carbons (Fsp3) is 1.00. The predicted molar refractivity (Wildman–Crippen MR) is 14.3 cm³/mol. The van der Waals surface area contributed by atoms with Crippen LogP contribution in [0, 0.1) is 0 Å². The Hall–Kier alpha value is 0.920. The molecule has 0 aromatic heterocycles.